The molecule has 0 amide bonds. The molecule has 1 unspecified atom stereocenters. The van der Waals surface area contributed by atoms with E-state index in [4.69, 9.17) is 0 Å². The monoisotopic (exact) mass is 478 g/mol. The van der Waals surface area contributed by atoms with Crippen molar-refractivity contribution in [3.05, 3.63) is 47.3 Å². The molecule has 1 saturated carbocycles. The van der Waals surface area contributed by atoms with Gasteiger partial charge in [0.15, 0.2) is 0 Å². The molecular formula is C29H42N4O2. The van der Waals surface area contributed by atoms with Crippen molar-refractivity contribution in [1.82, 2.24) is 19.6 Å². The number of piperidine rings is 1. The van der Waals surface area contributed by atoms with Gasteiger partial charge in [-0.1, -0.05) is 26.8 Å². The van der Waals surface area contributed by atoms with Crippen molar-refractivity contribution in [3.8, 4) is 5.75 Å². The molecule has 35 heavy (non-hydrogen) atoms. The van der Waals surface area contributed by atoms with Crippen molar-refractivity contribution in [2.45, 2.75) is 88.3 Å². The Kier molecular flexibility index (Phi) is 5.59. The smallest absolute Gasteiger partial charge is 0.115 e. The summed E-state index contributed by atoms with van der Waals surface area (Å²) in [5.41, 5.74) is 2.91. The third-order valence-electron chi connectivity index (χ3n) is 9.67. The number of aromatic hydroxyl groups is 1. The highest BCUT2D eigenvalue weighted by molar-refractivity contribution is 5.48. The number of aromatic nitrogens is 2. The molecule has 6 nitrogen and oxygen atoms in total. The number of fused-ring (bicyclic) bond motifs is 1. The topological polar surface area (TPSA) is 64.8 Å². The lowest BCUT2D eigenvalue weighted by atomic mass is 9.52. The third kappa shape index (κ3) is 4.02. The Hall–Kier alpha value is -1.89. The van der Waals surface area contributed by atoms with Gasteiger partial charge in [-0.15, -0.1) is 0 Å². The minimum absolute atomic E-state index is 0.113. The molecule has 0 radical (unpaired) electrons. The first-order valence-electron chi connectivity index (χ1n) is 13.7. The van der Waals surface area contributed by atoms with Crippen LogP contribution in [0, 0.1) is 5.92 Å². The van der Waals surface area contributed by atoms with Gasteiger partial charge in [0, 0.05) is 37.3 Å². The van der Waals surface area contributed by atoms with Crippen molar-refractivity contribution < 1.29 is 10.2 Å². The zero-order chi connectivity index (χ0) is 24.4. The van der Waals surface area contributed by atoms with Gasteiger partial charge in [0.2, 0.25) is 0 Å². The largest absolute Gasteiger partial charge is 0.508 e. The zero-order valence-electron chi connectivity index (χ0n) is 21.7. The van der Waals surface area contributed by atoms with Crippen LogP contribution in [0.5, 0.6) is 5.75 Å². The van der Waals surface area contributed by atoms with E-state index in [1.54, 1.807) is 0 Å². The third-order valence-corrected chi connectivity index (χ3v) is 9.67. The molecule has 4 aliphatic rings. The molecule has 3 atom stereocenters. The molecule has 2 aliphatic heterocycles. The highest BCUT2D eigenvalue weighted by Crippen LogP contribution is 2.56. The number of rotatable bonds is 5. The highest BCUT2D eigenvalue weighted by Gasteiger charge is 2.63. The van der Waals surface area contributed by atoms with Gasteiger partial charge in [0.1, 0.15) is 5.75 Å². The second-order valence-electron chi connectivity index (χ2n) is 12.8. The van der Waals surface area contributed by atoms with Crippen LogP contribution in [0.15, 0.2) is 30.6 Å². The van der Waals surface area contributed by atoms with Gasteiger partial charge in [-0.2, -0.15) is 5.10 Å². The Labute approximate surface area is 209 Å². The fraction of sp³-hybridized carbons (Fsp3) is 0.690. The standard InChI is InChI=1S/C29H42N4O2/c1-27(2,3)23-18-30-33(20-23)15-14-31-11-8-28-9-13-32(19-21-4-5-21)26(29(28,35)10-12-31)16-22-6-7-24(34)17-25(22)28/h6-7,17-18,20-21,26,34-35H,4-5,8-16,19H2,1-3H3/t26?,28-,29+/m0/s1. The maximum atomic E-state index is 12.6. The molecule has 0 spiro atoms. The summed E-state index contributed by atoms with van der Waals surface area (Å²) in [5, 5.41) is 27.6. The van der Waals surface area contributed by atoms with Gasteiger partial charge in [0.05, 0.1) is 18.3 Å². The summed E-state index contributed by atoms with van der Waals surface area (Å²) in [4.78, 5) is 5.16. The van der Waals surface area contributed by atoms with Crippen LogP contribution in [0.1, 0.15) is 69.6 Å². The van der Waals surface area contributed by atoms with Crippen LogP contribution in [0.4, 0.5) is 0 Å². The summed E-state index contributed by atoms with van der Waals surface area (Å²) in [7, 11) is 0. The number of likely N-dealkylation sites (tertiary alicyclic amines) is 2. The fourth-order valence-corrected chi connectivity index (χ4v) is 7.25. The lowest BCUT2D eigenvalue weighted by Crippen LogP contribution is -2.71. The van der Waals surface area contributed by atoms with Crippen molar-refractivity contribution in [3.63, 3.8) is 0 Å². The van der Waals surface area contributed by atoms with Crippen molar-refractivity contribution >= 4 is 0 Å². The van der Waals surface area contributed by atoms with Crippen LogP contribution in [0.2, 0.25) is 0 Å². The van der Waals surface area contributed by atoms with E-state index in [1.165, 1.54) is 29.5 Å². The maximum Gasteiger partial charge on any atom is 0.115 e. The van der Waals surface area contributed by atoms with E-state index >= 15 is 0 Å². The van der Waals surface area contributed by atoms with E-state index in [-0.39, 0.29) is 16.9 Å². The zero-order valence-corrected chi connectivity index (χ0v) is 21.7. The van der Waals surface area contributed by atoms with E-state index in [0.29, 0.717) is 5.75 Å². The number of benzene rings is 1. The van der Waals surface area contributed by atoms with Crippen LogP contribution < -0.4 is 0 Å². The predicted octanol–water partition coefficient (Wildman–Crippen LogP) is 3.69. The van der Waals surface area contributed by atoms with E-state index < -0.39 is 5.60 Å². The van der Waals surface area contributed by atoms with Crippen molar-refractivity contribution in [2.75, 3.05) is 32.7 Å². The number of nitrogens with zero attached hydrogens (tertiary/aromatic N) is 4. The number of aliphatic hydroxyl groups is 1. The first-order chi connectivity index (χ1) is 16.7. The lowest BCUT2D eigenvalue weighted by molar-refractivity contribution is -0.149. The molecule has 6 heteroatoms. The van der Waals surface area contributed by atoms with E-state index in [9.17, 15) is 10.2 Å². The molecule has 3 fully saturated rings. The first kappa shape index (κ1) is 23.5. The average molecular weight is 479 g/mol. The van der Waals surface area contributed by atoms with Crippen LogP contribution in [-0.2, 0) is 23.8 Å². The Bertz CT molecular complexity index is 1090. The molecule has 1 aromatic carbocycles. The molecule has 1 aromatic heterocycles. The van der Waals surface area contributed by atoms with Crippen molar-refractivity contribution in [2.24, 2.45) is 5.92 Å². The molecule has 2 N–H and O–H groups in total. The number of hydrogen-bond donors (Lipinski definition) is 2. The lowest BCUT2D eigenvalue weighted by Gasteiger charge is -2.61. The van der Waals surface area contributed by atoms with Gasteiger partial charge in [-0.3, -0.25) is 9.58 Å². The summed E-state index contributed by atoms with van der Waals surface area (Å²) in [6.45, 7) is 12.6. The van der Waals surface area contributed by atoms with Gasteiger partial charge in [0.25, 0.3) is 0 Å². The van der Waals surface area contributed by atoms with Crippen LogP contribution >= 0.6 is 0 Å². The minimum atomic E-state index is -0.749. The van der Waals surface area contributed by atoms with E-state index in [0.717, 1.165) is 70.9 Å². The molecule has 190 valence electrons. The fourth-order valence-electron chi connectivity index (χ4n) is 7.25. The molecule has 2 aromatic rings. The first-order valence-corrected chi connectivity index (χ1v) is 13.7. The predicted molar refractivity (Wildman–Crippen MR) is 138 cm³/mol. The minimum Gasteiger partial charge on any atom is -0.508 e. The molecule has 3 heterocycles. The Morgan fingerprint density at radius 1 is 1.06 bits per heavy atom. The van der Waals surface area contributed by atoms with Crippen LogP contribution in [0.25, 0.3) is 0 Å². The summed E-state index contributed by atoms with van der Waals surface area (Å²) < 4.78 is 2.08. The molecule has 2 saturated heterocycles. The molecular weight excluding hydrogens is 436 g/mol. The summed E-state index contributed by atoms with van der Waals surface area (Å²) >= 11 is 0. The van der Waals surface area contributed by atoms with Gasteiger partial charge in [-0.05, 0) is 91.8 Å². The average Bonchev–Trinajstić information content (AvgIpc) is 3.52. The molecule has 2 bridgehead atoms. The summed E-state index contributed by atoms with van der Waals surface area (Å²) in [6.07, 6.45) is 10.5. The van der Waals surface area contributed by atoms with Gasteiger partial charge >= 0.3 is 0 Å². The SMILES string of the molecule is CC(C)(C)c1cnn(CCN2CC[C@]34CCN(CC5CC5)C(Cc5ccc(O)cc53)[C@]4(O)CC2)c1. The number of phenolic OH excluding ortho intramolecular Hbond substituents is 1. The molecule has 6 rings (SSSR count). The normalized spacial score (nSPS) is 31.6. The van der Waals surface area contributed by atoms with E-state index in [2.05, 4.69) is 52.6 Å². The quantitative estimate of drug-likeness (QED) is 0.686. The second-order valence-corrected chi connectivity index (χ2v) is 12.8. The Balaban J connectivity index is 1.26. The Morgan fingerprint density at radius 3 is 2.57 bits per heavy atom. The van der Waals surface area contributed by atoms with Crippen LogP contribution in [0.3, 0.4) is 0 Å². The summed E-state index contributed by atoms with van der Waals surface area (Å²) in [6, 6.07) is 6.10. The highest BCUT2D eigenvalue weighted by atomic mass is 16.3. The van der Waals surface area contributed by atoms with Gasteiger partial charge in [-0.25, -0.2) is 0 Å². The Morgan fingerprint density at radius 2 is 1.83 bits per heavy atom. The van der Waals surface area contributed by atoms with E-state index in [1.807, 2.05) is 18.3 Å². The van der Waals surface area contributed by atoms with Crippen LogP contribution in [-0.4, -0.2) is 74.2 Å². The second kappa shape index (κ2) is 8.32. The summed E-state index contributed by atoms with van der Waals surface area (Å²) in [5.74, 6) is 1.15. The number of phenols is 1. The van der Waals surface area contributed by atoms with Crippen molar-refractivity contribution in [1.29, 1.82) is 0 Å². The number of hydrogen-bond acceptors (Lipinski definition) is 5. The van der Waals surface area contributed by atoms with Gasteiger partial charge < -0.3 is 15.1 Å². The maximum absolute atomic E-state index is 12.6. The molecule has 2 aliphatic carbocycles.